The number of aromatic nitrogens is 1. The molecule has 2 aromatic carbocycles. The number of rotatable bonds is 2. The van der Waals surface area contributed by atoms with Crippen LogP contribution in [-0.2, 0) is 0 Å². The van der Waals surface area contributed by atoms with Crippen LogP contribution in [0.2, 0.25) is 0 Å². The minimum absolute atomic E-state index is 0.312. The van der Waals surface area contributed by atoms with Crippen LogP contribution in [0, 0.1) is 17.1 Å². The van der Waals surface area contributed by atoms with Crippen LogP contribution in [0.3, 0.4) is 0 Å². The summed E-state index contributed by atoms with van der Waals surface area (Å²) in [6.07, 6.45) is 1.80. The van der Waals surface area contributed by atoms with Gasteiger partial charge in [-0.15, -0.1) is 0 Å². The summed E-state index contributed by atoms with van der Waals surface area (Å²) in [5.74, 6) is 0.0382. The van der Waals surface area contributed by atoms with Gasteiger partial charge in [-0.05, 0) is 29.8 Å². The molecule has 3 aromatic rings. The third-order valence-electron chi connectivity index (χ3n) is 3.34. The van der Waals surface area contributed by atoms with E-state index in [1.54, 1.807) is 22.9 Å². The second-order valence-corrected chi connectivity index (χ2v) is 4.63. The van der Waals surface area contributed by atoms with Gasteiger partial charge in [0.1, 0.15) is 23.3 Å². The third-order valence-corrected chi connectivity index (χ3v) is 3.34. The molecule has 0 radical (unpaired) electrons. The number of benzene rings is 2. The lowest BCUT2D eigenvalue weighted by Gasteiger charge is -2.05. The summed E-state index contributed by atoms with van der Waals surface area (Å²) in [4.78, 5) is 0. The molecule has 3 rings (SSSR count). The van der Waals surface area contributed by atoms with Crippen LogP contribution >= 0.6 is 0 Å². The smallest absolute Gasteiger partial charge is 0.126 e. The van der Waals surface area contributed by atoms with Crippen LogP contribution in [-0.4, -0.2) is 4.57 Å². The Labute approximate surface area is 121 Å². The maximum atomic E-state index is 13.0. The Balaban J connectivity index is 2.19. The summed E-state index contributed by atoms with van der Waals surface area (Å²) in [7, 11) is 0. The highest BCUT2D eigenvalue weighted by Crippen LogP contribution is 2.31. The number of halogens is 1. The first-order valence-corrected chi connectivity index (χ1v) is 6.43. The Hall–Kier alpha value is -3.06. The predicted molar refractivity (Wildman–Crippen MR) is 80.3 cm³/mol. The Kier molecular flexibility index (Phi) is 3.17. The summed E-state index contributed by atoms with van der Waals surface area (Å²) in [6.45, 7) is 0. The second kappa shape index (κ2) is 5.14. The van der Waals surface area contributed by atoms with Crippen molar-refractivity contribution in [2.75, 3.05) is 5.73 Å². The number of nitrogens with two attached hydrogens (primary N) is 1. The van der Waals surface area contributed by atoms with Gasteiger partial charge in [0.25, 0.3) is 0 Å². The molecule has 0 saturated carbocycles. The van der Waals surface area contributed by atoms with E-state index >= 15 is 0 Å². The summed E-state index contributed by atoms with van der Waals surface area (Å²) < 4.78 is 14.7. The monoisotopic (exact) mass is 277 g/mol. The summed E-state index contributed by atoms with van der Waals surface area (Å²) in [6, 6.07) is 17.7. The zero-order chi connectivity index (χ0) is 14.8. The van der Waals surface area contributed by atoms with Gasteiger partial charge in [-0.1, -0.05) is 30.3 Å². The Morgan fingerprint density at radius 1 is 1.00 bits per heavy atom. The van der Waals surface area contributed by atoms with Gasteiger partial charge in [0.15, 0.2) is 0 Å². The van der Waals surface area contributed by atoms with Crippen molar-refractivity contribution < 1.29 is 4.39 Å². The topological polar surface area (TPSA) is 54.7 Å². The normalized spacial score (nSPS) is 10.3. The van der Waals surface area contributed by atoms with Gasteiger partial charge in [0.2, 0.25) is 0 Å². The van der Waals surface area contributed by atoms with Crippen molar-refractivity contribution in [2.24, 2.45) is 0 Å². The van der Waals surface area contributed by atoms with E-state index in [4.69, 9.17) is 5.73 Å². The predicted octanol–water partition coefficient (Wildman–Crippen LogP) is 3.74. The van der Waals surface area contributed by atoms with E-state index < -0.39 is 0 Å². The molecule has 0 saturated heterocycles. The first kappa shape index (κ1) is 12.9. The molecule has 102 valence electrons. The number of nitriles is 1. The quantitative estimate of drug-likeness (QED) is 0.775. The zero-order valence-corrected chi connectivity index (χ0v) is 11.1. The van der Waals surface area contributed by atoms with E-state index in [1.807, 2.05) is 30.3 Å². The maximum absolute atomic E-state index is 13.0. The highest BCUT2D eigenvalue weighted by molar-refractivity contribution is 5.77. The lowest BCUT2D eigenvalue weighted by molar-refractivity contribution is 0.627. The van der Waals surface area contributed by atoms with Gasteiger partial charge in [-0.25, -0.2) is 4.39 Å². The van der Waals surface area contributed by atoms with Crippen molar-refractivity contribution in [2.45, 2.75) is 0 Å². The summed E-state index contributed by atoms with van der Waals surface area (Å²) >= 11 is 0. The SMILES string of the molecule is N#Cc1c(-c2ccccc2)cn(-c2ccc(F)cc2)c1N. The average molecular weight is 277 g/mol. The van der Waals surface area contributed by atoms with E-state index in [9.17, 15) is 9.65 Å². The second-order valence-electron chi connectivity index (χ2n) is 4.63. The molecule has 0 atom stereocenters. The molecular weight excluding hydrogens is 265 g/mol. The fraction of sp³-hybridized carbons (Fsp3) is 0. The highest BCUT2D eigenvalue weighted by Gasteiger charge is 2.15. The van der Waals surface area contributed by atoms with Crippen LogP contribution in [0.5, 0.6) is 0 Å². The molecule has 0 aliphatic rings. The van der Waals surface area contributed by atoms with E-state index in [1.165, 1.54) is 12.1 Å². The summed E-state index contributed by atoms with van der Waals surface area (Å²) in [5.41, 5.74) is 8.89. The number of nitrogens with zero attached hydrogens (tertiary/aromatic N) is 2. The van der Waals surface area contributed by atoms with Gasteiger partial charge in [0.05, 0.1) is 0 Å². The third kappa shape index (κ3) is 2.26. The standard InChI is InChI=1S/C17H12FN3/c18-13-6-8-14(9-7-13)21-11-16(15(10-19)17(21)20)12-4-2-1-3-5-12/h1-9,11H,20H2. The fourth-order valence-corrected chi connectivity index (χ4v) is 2.29. The van der Waals surface area contributed by atoms with Crippen LogP contribution in [0.25, 0.3) is 16.8 Å². The number of anilines is 1. The number of hydrogen-bond donors (Lipinski definition) is 1. The maximum Gasteiger partial charge on any atom is 0.126 e. The number of hydrogen-bond acceptors (Lipinski definition) is 2. The van der Waals surface area contributed by atoms with Crippen molar-refractivity contribution >= 4 is 5.82 Å². The van der Waals surface area contributed by atoms with Crippen molar-refractivity contribution in [3.63, 3.8) is 0 Å². The van der Waals surface area contributed by atoms with E-state index in [2.05, 4.69) is 6.07 Å². The largest absolute Gasteiger partial charge is 0.384 e. The van der Waals surface area contributed by atoms with Gasteiger partial charge in [0, 0.05) is 17.4 Å². The van der Waals surface area contributed by atoms with Crippen molar-refractivity contribution in [3.05, 3.63) is 72.2 Å². The van der Waals surface area contributed by atoms with E-state index in [0.29, 0.717) is 17.1 Å². The van der Waals surface area contributed by atoms with Gasteiger partial charge >= 0.3 is 0 Å². The molecule has 3 nitrogen and oxygen atoms in total. The van der Waals surface area contributed by atoms with Crippen LogP contribution in [0.15, 0.2) is 60.8 Å². The van der Waals surface area contributed by atoms with Crippen molar-refractivity contribution in [3.8, 4) is 22.9 Å². The molecule has 4 heteroatoms. The first-order valence-electron chi connectivity index (χ1n) is 6.43. The minimum Gasteiger partial charge on any atom is -0.384 e. The molecule has 0 bridgehead atoms. The molecular formula is C17H12FN3. The molecule has 1 heterocycles. The molecule has 0 aliphatic carbocycles. The van der Waals surface area contributed by atoms with E-state index in [0.717, 1.165) is 11.1 Å². The lowest BCUT2D eigenvalue weighted by atomic mass is 10.1. The molecule has 21 heavy (non-hydrogen) atoms. The fourth-order valence-electron chi connectivity index (χ4n) is 2.29. The first-order chi connectivity index (χ1) is 10.2. The molecule has 0 aliphatic heterocycles. The van der Waals surface area contributed by atoms with E-state index in [-0.39, 0.29) is 5.82 Å². The van der Waals surface area contributed by atoms with Gasteiger partial charge in [-0.3, -0.25) is 0 Å². The van der Waals surface area contributed by atoms with Crippen LogP contribution < -0.4 is 5.73 Å². The van der Waals surface area contributed by atoms with Crippen molar-refractivity contribution in [1.29, 1.82) is 5.26 Å². The zero-order valence-electron chi connectivity index (χ0n) is 11.1. The Morgan fingerprint density at radius 2 is 1.67 bits per heavy atom. The molecule has 0 unspecified atom stereocenters. The lowest BCUT2D eigenvalue weighted by Crippen LogP contribution is -1.99. The molecule has 2 N–H and O–H groups in total. The van der Waals surface area contributed by atoms with Gasteiger partial charge < -0.3 is 10.3 Å². The Bertz CT molecular complexity index is 812. The van der Waals surface area contributed by atoms with Crippen molar-refractivity contribution in [1.82, 2.24) is 4.57 Å². The molecule has 0 amide bonds. The van der Waals surface area contributed by atoms with Gasteiger partial charge in [-0.2, -0.15) is 5.26 Å². The summed E-state index contributed by atoms with van der Waals surface area (Å²) in [5, 5.41) is 9.36. The molecule has 0 spiro atoms. The molecule has 0 fully saturated rings. The average Bonchev–Trinajstić information content (AvgIpc) is 2.86. The minimum atomic E-state index is -0.312. The molecule has 1 aromatic heterocycles. The highest BCUT2D eigenvalue weighted by atomic mass is 19.1. The Morgan fingerprint density at radius 3 is 2.29 bits per heavy atom. The number of nitrogen functional groups attached to an aromatic ring is 1. The van der Waals surface area contributed by atoms with Crippen LogP contribution in [0.1, 0.15) is 5.56 Å². The van der Waals surface area contributed by atoms with Crippen LogP contribution in [0.4, 0.5) is 10.2 Å².